The van der Waals surface area contributed by atoms with Gasteiger partial charge in [-0.05, 0) is 42.0 Å². The van der Waals surface area contributed by atoms with Gasteiger partial charge in [0.2, 0.25) is 5.91 Å². The molecule has 6 nitrogen and oxygen atoms in total. The van der Waals surface area contributed by atoms with Crippen LogP contribution in [-0.4, -0.2) is 30.0 Å². The number of ether oxygens (including phenoxy) is 1. The number of hydrogen-bond acceptors (Lipinski definition) is 5. The number of benzene rings is 1. The first-order valence-corrected chi connectivity index (χ1v) is 9.27. The maximum atomic E-state index is 12.1. The Labute approximate surface area is 163 Å². The highest BCUT2D eigenvalue weighted by Crippen LogP contribution is 2.31. The van der Waals surface area contributed by atoms with Crippen molar-refractivity contribution < 1.29 is 9.53 Å². The normalized spacial score (nSPS) is 13.6. The van der Waals surface area contributed by atoms with Gasteiger partial charge in [-0.25, -0.2) is 9.97 Å². The summed E-state index contributed by atoms with van der Waals surface area (Å²) in [6.07, 6.45) is 9.54. The SMILES string of the molecule is CNc1ncc(/C=C\c2ccc(OC)cc2)c2cc(NC(=O)C3CC3)ncc12. The third-order valence-electron chi connectivity index (χ3n) is 4.81. The van der Waals surface area contributed by atoms with E-state index in [1.807, 2.05) is 55.7 Å². The van der Waals surface area contributed by atoms with E-state index >= 15 is 0 Å². The van der Waals surface area contributed by atoms with Crippen LogP contribution in [-0.2, 0) is 4.79 Å². The zero-order chi connectivity index (χ0) is 19.5. The lowest BCUT2D eigenvalue weighted by Gasteiger charge is -2.10. The van der Waals surface area contributed by atoms with E-state index in [-0.39, 0.29) is 11.8 Å². The third kappa shape index (κ3) is 3.81. The Kier molecular flexibility index (Phi) is 4.93. The Bertz CT molecular complexity index is 1040. The number of aromatic nitrogens is 2. The first kappa shape index (κ1) is 18.0. The zero-order valence-electron chi connectivity index (χ0n) is 15.9. The smallest absolute Gasteiger partial charge is 0.228 e. The Hall–Kier alpha value is -3.41. The second kappa shape index (κ2) is 7.68. The molecule has 0 spiro atoms. The molecule has 3 aromatic rings. The van der Waals surface area contributed by atoms with Gasteiger partial charge >= 0.3 is 0 Å². The fourth-order valence-corrected chi connectivity index (χ4v) is 3.03. The number of hydrogen-bond donors (Lipinski definition) is 2. The molecule has 2 heterocycles. The number of anilines is 2. The molecule has 1 aliphatic rings. The summed E-state index contributed by atoms with van der Waals surface area (Å²) in [5.74, 6) is 2.33. The molecule has 1 saturated carbocycles. The molecule has 0 atom stereocenters. The van der Waals surface area contributed by atoms with Crippen LogP contribution in [0.5, 0.6) is 5.75 Å². The molecule has 0 bridgehead atoms. The van der Waals surface area contributed by atoms with E-state index in [2.05, 4.69) is 20.6 Å². The van der Waals surface area contributed by atoms with Gasteiger partial charge in [-0.3, -0.25) is 4.79 Å². The van der Waals surface area contributed by atoms with Crippen LogP contribution < -0.4 is 15.4 Å². The van der Waals surface area contributed by atoms with Gasteiger partial charge in [0.25, 0.3) is 0 Å². The molecule has 0 unspecified atom stereocenters. The number of carbonyl (C=O) groups is 1. The summed E-state index contributed by atoms with van der Waals surface area (Å²) in [6, 6.07) is 9.75. The summed E-state index contributed by atoms with van der Waals surface area (Å²) in [7, 11) is 3.48. The summed E-state index contributed by atoms with van der Waals surface area (Å²) in [5, 5.41) is 7.90. The molecule has 6 heteroatoms. The number of carbonyl (C=O) groups excluding carboxylic acids is 1. The molecule has 1 fully saturated rings. The Morgan fingerprint density at radius 2 is 1.89 bits per heavy atom. The van der Waals surface area contributed by atoms with Gasteiger partial charge in [-0.15, -0.1) is 0 Å². The van der Waals surface area contributed by atoms with Crippen molar-refractivity contribution in [1.82, 2.24) is 9.97 Å². The molecular weight excluding hydrogens is 352 g/mol. The number of fused-ring (bicyclic) bond motifs is 1. The molecular formula is C22H22N4O2. The fraction of sp³-hybridized carbons (Fsp3) is 0.227. The lowest BCUT2D eigenvalue weighted by atomic mass is 10.1. The standard InChI is InChI=1S/C22H22N4O2/c1-23-21-19-13-24-20(26-22(27)15-7-8-15)11-18(19)16(12-25-21)6-3-14-4-9-17(28-2)10-5-14/h3-6,9-13,15H,7-8H2,1-2H3,(H,23,25)(H,24,26,27)/b6-3-. The first-order valence-electron chi connectivity index (χ1n) is 9.27. The Morgan fingerprint density at radius 1 is 1.11 bits per heavy atom. The summed E-state index contributed by atoms with van der Waals surface area (Å²) in [6.45, 7) is 0. The number of methoxy groups -OCH3 is 1. The van der Waals surface area contributed by atoms with Gasteiger partial charge in [0, 0.05) is 36.3 Å². The molecule has 0 radical (unpaired) electrons. The maximum absolute atomic E-state index is 12.1. The van der Waals surface area contributed by atoms with E-state index in [1.54, 1.807) is 13.3 Å². The maximum Gasteiger partial charge on any atom is 0.228 e. The molecule has 0 saturated heterocycles. The number of pyridine rings is 2. The van der Waals surface area contributed by atoms with Crippen LogP contribution >= 0.6 is 0 Å². The Morgan fingerprint density at radius 3 is 2.57 bits per heavy atom. The van der Waals surface area contributed by atoms with Crippen molar-refractivity contribution in [2.45, 2.75) is 12.8 Å². The number of nitrogens with zero attached hydrogens (tertiary/aromatic N) is 2. The van der Waals surface area contributed by atoms with Crippen molar-refractivity contribution in [3.63, 3.8) is 0 Å². The van der Waals surface area contributed by atoms with Crippen LogP contribution in [0.4, 0.5) is 11.6 Å². The number of nitrogens with one attached hydrogen (secondary N) is 2. The fourth-order valence-electron chi connectivity index (χ4n) is 3.03. The lowest BCUT2D eigenvalue weighted by Crippen LogP contribution is -2.14. The van der Waals surface area contributed by atoms with Crippen LogP contribution in [0.1, 0.15) is 24.0 Å². The molecule has 1 amide bonds. The Balaban J connectivity index is 1.68. The molecule has 4 rings (SSSR count). The van der Waals surface area contributed by atoms with Gasteiger partial charge in [-0.2, -0.15) is 0 Å². The minimum absolute atomic E-state index is 0.0464. The first-order chi connectivity index (χ1) is 13.7. The van der Waals surface area contributed by atoms with Gasteiger partial charge in [0.1, 0.15) is 17.4 Å². The van der Waals surface area contributed by atoms with E-state index in [0.717, 1.165) is 46.3 Å². The van der Waals surface area contributed by atoms with Crippen molar-refractivity contribution in [1.29, 1.82) is 0 Å². The summed E-state index contributed by atoms with van der Waals surface area (Å²) >= 11 is 0. The molecule has 142 valence electrons. The average molecular weight is 374 g/mol. The molecule has 28 heavy (non-hydrogen) atoms. The topological polar surface area (TPSA) is 76.1 Å². The van der Waals surface area contributed by atoms with Gasteiger partial charge in [0.05, 0.1) is 7.11 Å². The summed E-state index contributed by atoms with van der Waals surface area (Å²) in [4.78, 5) is 21.0. The van der Waals surface area contributed by atoms with Crippen molar-refractivity contribution in [3.8, 4) is 5.75 Å². The second-order valence-corrected chi connectivity index (χ2v) is 6.80. The van der Waals surface area contributed by atoms with Crippen molar-refractivity contribution in [2.24, 2.45) is 5.92 Å². The van der Waals surface area contributed by atoms with Crippen LogP contribution in [0.25, 0.3) is 22.9 Å². The van der Waals surface area contributed by atoms with Crippen molar-refractivity contribution in [3.05, 3.63) is 53.9 Å². The van der Waals surface area contributed by atoms with Crippen molar-refractivity contribution in [2.75, 3.05) is 24.8 Å². The predicted molar refractivity (Wildman–Crippen MR) is 112 cm³/mol. The average Bonchev–Trinajstić information content (AvgIpc) is 3.58. The highest BCUT2D eigenvalue weighted by molar-refractivity contribution is 6.01. The lowest BCUT2D eigenvalue weighted by molar-refractivity contribution is -0.117. The highest BCUT2D eigenvalue weighted by Gasteiger charge is 2.29. The summed E-state index contributed by atoms with van der Waals surface area (Å²) < 4.78 is 5.20. The minimum atomic E-state index is 0.0464. The van der Waals surface area contributed by atoms with Crippen LogP contribution in [0, 0.1) is 5.92 Å². The van der Waals surface area contributed by atoms with Gasteiger partial charge in [0.15, 0.2) is 0 Å². The predicted octanol–water partition coefficient (Wildman–Crippen LogP) is 4.20. The summed E-state index contributed by atoms with van der Waals surface area (Å²) in [5.41, 5.74) is 2.01. The van der Waals surface area contributed by atoms with Crippen LogP contribution in [0.3, 0.4) is 0 Å². The zero-order valence-corrected chi connectivity index (χ0v) is 15.9. The molecule has 1 aliphatic carbocycles. The second-order valence-electron chi connectivity index (χ2n) is 6.80. The highest BCUT2D eigenvalue weighted by atomic mass is 16.5. The molecule has 2 aromatic heterocycles. The largest absolute Gasteiger partial charge is 0.497 e. The van der Waals surface area contributed by atoms with E-state index in [9.17, 15) is 4.79 Å². The number of rotatable bonds is 6. The van der Waals surface area contributed by atoms with E-state index < -0.39 is 0 Å². The monoisotopic (exact) mass is 374 g/mol. The van der Waals surface area contributed by atoms with Crippen LogP contribution in [0.15, 0.2) is 42.7 Å². The molecule has 1 aromatic carbocycles. The van der Waals surface area contributed by atoms with E-state index in [4.69, 9.17) is 4.74 Å². The number of amides is 1. The van der Waals surface area contributed by atoms with Gasteiger partial charge < -0.3 is 15.4 Å². The third-order valence-corrected chi connectivity index (χ3v) is 4.81. The molecule has 2 N–H and O–H groups in total. The quantitative estimate of drug-likeness (QED) is 0.676. The van der Waals surface area contributed by atoms with Crippen molar-refractivity contribution >= 4 is 40.5 Å². The van der Waals surface area contributed by atoms with Crippen LogP contribution in [0.2, 0.25) is 0 Å². The van der Waals surface area contributed by atoms with E-state index in [0.29, 0.717) is 5.82 Å². The van der Waals surface area contributed by atoms with E-state index in [1.165, 1.54) is 0 Å². The molecule has 0 aliphatic heterocycles. The van der Waals surface area contributed by atoms with Gasteiger partial charge in [-0.1, -0.05) is 24.3 Å². The minimum Gasteiger partial charge on any atom is -0.497 e.